The maximum absolute atomic E-state index is 13.5. The summed E-state index contributed by atoms with van der Waals surface area (Å²) in [6.45, 7) is 0. The minimum Gasteiger partial charge on any atom is -0.479 e. The van der Waals surface area contributed by atoms with Gasteiger partial charge in [0, 0.05) is 11.1 Å². The number of carbonyl (C=O) groups excluding carboxylic acids is 3. The van der Waals surface area contributed by atoms with Crippen LogP contribution in [0.25, 0.3) is 0 Å². The van der Waals surface area contributed by atoms with E-state index in [1.165, 1.54) is 30.2 Å². The van der Waals surface area contributed by atoms with Gasteiger partial charge in [0.2, 0.25) is 5.91 Å². The smallest absolute Gasteiger partial charge is 0.331 e. The molecule has 3 atom stereocenters. The molecule has 0 bridgehead atoms. The molecule has 2 aliphatic rings. The molecule has 4 aromatic rings. The van der Waals surface area contributed by atoms with E-state index in [1.54, 1.807) is 11.3 Å². The summed E-state index contributed by atoms with van der Waals surface area (Å²) in [4.78, 5) is 60.4. The van der Waals surface area contributed by atoms with Crippen LogP contribution in [0.4, 0.5) is 5.13 Å². The van der Waals surface area contributed by atoms with E-state index < -0.39 is 40.8 Å². The highest BCUT2D eigenvalue weighted by atomic mass is 32.2. The lowest BCUT2D eigenvalue weighted by molar-refractivity contribution is -0.159. The molecule has 11 nitrogen and oxygen atoms in total. The first-order valence-electron chi connectivity index (χ1n) is 14.1. The van der Waals surface area contributed by atoms with Crippen molar-refractivity contribution in [2.75, 3.05) is 18.2 Å². The summed E-state index contributed by atoms with van der Waals surface area (Å²) in [5.41, 5.74) is 2.08. The van der Waals surface area contributed by atoms with Crippen LogP contribution in [0.1, 0.15) is 22.4 Å². The number of hydrogen-bond donors (Lipinski definition) is 3. The molecule has 13 heteroatoms. The number of fused-ring (bicyclic) bond motifs is 1. The predicted molar refractivity (Wildman–Crippen MR) is 174 cm³/mol. The van der Waals surface area contributed by atoms with Crippen LogP contribution in [0, 0.1) is 0 Å². The molecule has 2 unspecified atom stereocenters. The number of nitrogens with one attached hydrogen (secondary N) is 2. The number of anilines is 1. The van der Waals surface area contributed by atoms with Crippen LogP contribution in [0.2, 0.25) is 0 Å². The zero-order valence-corrected chi connectivity index (χ0v) is 26.0. The van der Waals surface area contributed by atoms with Gasteiger partial charge in [0.25, 0.3) is 5.91 Å². The van der Waals surface area contributed by atoms with Gasteiger partial charge in [0.15, 0.2) is 16.9 Å². The van der Waals surface area contributed by atoms with Crippen molar-refractivity contribution >= 4 is 57.7 Å². The lowest BCUT2D eigenvalue weighted by atomic mass is 9.77. The number of carboxylic acid groups (broad SMARTS) is 1. The zero-order chi connectivity index (χ0) is 32.3. The SMILES string of the molecule is CO/N=C(\C(=O)NC1C(=O)N2C(C(=O)O)C(=C=O)CS[C@H]12)c1csc(NC(c2ccccc2)(c2ccccc2)c2ccccc2)n1. The summed E-state index contributed by atoms with van der Waals surface area (Å²) in [5.74, 6) is -0.961. The van der Waals surface area contributed by atoms with Crippen LogP contribution in [0.15, 0.2) is 107 Å². The molecule has 2 saturated heterocycles. The van der Waals surface area contributed by atoms with Crippen molar-refractivity contribution in [1.82, 2.24) is 15.2 Å². The van der Waals surface area contributed by atoms with Crippen molar-refractivity contribution < 1.29 is 29.1 Å². The van der Waals surface area contributed by atoms with Crippen LogP contribution < -0.4 is 10.6 Å². The van der Waals surface area contributed by atoms with Gasteiger partial charge in [-0.2, -0.15) is 0 Å². The maximum atomic E-state index is 13.5. The topological polar surface area (TPSA) is 150 Å². The number of thiazole rings is 1. The Morgan fingerprint density at radius 2 is 1.57 bits per heavy atom. The van der Waals surface area contributed by atoms with E-state index in [0.717, 1.165) is 21.6 Å². The van der Waals surface area contributed by atoms with Gasteiger partial charge in [-0.15, -0.1) is 23.1 Å². The first kappa shape index (κ1) is 30.8. The summed E-state index contributed by atoms with van der Waals surface area (Å²) >= 11 is 2.45. The van der Waals surface area contributed by atoms with Crippen LogP contribution in [0.3, 0.4) is 0 Å². The number of rotatable bonds is 10. The minimum absolute atomic E-state index is 0.0337. The third-order valence-electron chi connectivity index (χ3n) is 7.81. The third-order valence-corrected chi connectivity index (χ3v) is 9.88. The fourth-order valence-electron chi connectivity index (χ4n) is 5.73. The van der Waals surface area contributed by atoms with Crippen molar-refractivity contribution in [3.05, 3.63) is 124 Å². The normalized spacial score (nSPS) is 19.4. The Bertz CT molecular complexity index is 1750. The molecule has 2 amide bonds. The molecule has 1 aromatic heterocycles. The summed E-state index contributed by atoms with van der Waals surface area (Å²) < 4.78 is 0. The number of carboxylic acids is 1. The van der Waals surface area contributed by atoms with Gasteiger partial charge in [-0.3, -0.25) is 9.59 Å². The van der Waals surface area contributed by atoms with Crippen molar-refractivity contribution in [3.8, 4) is 0 Å². The fourth-order valence-corrected chi connectivity index (χ4v) is 7.81. The summed E-state index contributed by atoms with van der Waals surface area (Å²) in [6, 6.07) is 27.5. The molecule has 0 aliphatic carbocycles. The molecule has 0 spiro atoms. The van der Waals surface area contributed by atoms with Crippen molar-refractivity contribution in [2.45, 2.75) is 23.0 Å². The molecule has 3 aromatic carbocycles. The highest BCUT2D eigenvalue weighted by molar-refractivity contribution is 8.00. The number of oxime groups is 1. The molecule has 0 saturated carbocycles. The molecule has 0 radical (unpaired) electrons. The Balaban J connectivity index is 1.30. The average Bonchev–Trinajstić information content (AvgIpc) is 3.56. The van der Waals surface area contributed by atoms with E-state index in [1.807, 2.05) is 91.0 Å². The molecule has 6 rings (SSSR count). The van der Waals surface area contributed by atoms with Gasteiger partial charge < -0.3 is 25.5 Å². The largest absolute Gasteiger partial charge is 0.479 e. The fraction of sp³-hybridized carbons (Fsp3) is 0.182. The molecular formula is C33H27N5O6S2. The quantitative estimate of drug-likeness (QED) is 0.0768. The van der Waals surface area contributed by atoms with E-state index in [0.29, 0.717) is 5.13 Å². The Hall–Kier alpha value is -5.23. The number of hydrogen-bond acceptors (Lipinski definition) is 10. The Labute approximate surface area is 272 Å². The molecular weight excluding hydrogens is 627 g/mol. The van der Waals surface area contributed by atoms with E-state index in [4.69, 9.17) is 9.82 Å². The standard InChI is InChI=1S/C33H27N5O6S2/c1-44-37-25(28(40)35-26-29(41)38-27(31(42)43)20(17-39)18-45-30(26)38)24-19-46-32(34-24)36-33(21-11-5-2-6-12-21,22-13-7-3-8-14-22)23-15-9-4-10-16-23/h2-16,19,26-27,30H,18H2,1H3,(H,34,36)(H,35,40)(H,42,43)/b37-25-/t26?,27?,30-/m1/s1. The number of amides is 2. The first-order valence-corrected chi connectivity index (χ1v) is 16.0. The Morgan fingerprint density at radius 3 is 2.07 bits per heavy atom. The second-order valence-electron chi connectivity index (χ2n) is 10.4. The summed E-state index contributed by atoms with van der Waals surface area (Å²) in [7, 11) is 1.29. The van der Waals surface area contributed by atoms with E-state index in [2.05, 4.69) is 15.8 Å². The summed E-state index contributed by atoms with van der Waals surface area (Å²) in [5, 5.41) is 21.3. The van der Waals surface area contributed by atoms with Crippen molar-refractivity contribution in [2.24, 2.45) is 5.16 Å². The molecule has 3 N–H and O–H groups in total. The van der Waals surface area contributed by atoms with Crippen molar-refractivity contribution in [3.63, 3.8) is 0 Å². The van der Waals surface area contributed by atoms with E-state index in [-0.39, 0.29) is 22.7 Å². The Kier molecular flexibility index (Phi) is 8.71. The second kappa shape index (κ2) is 13.0. The first-order chi connectivity index (χ1) is 22.4. The number of aromatic nitrogens is 1. The molecule has 3 heterocycles. The molecule has 2 aliphatic heterocycles. The van der Waals surface area contributed by atoms with Crippen LogP contribution >= 0.6 is 23.1 Å². The predicted octanol–water partition coefficient (Wildman–Crippen LogP) is 3.51. The second-order valence-corrected chi connectivity index (χ2v) is 12.4. The van der Waals surface area contributed by atoms with Crippen LogP contribution in [0.5, 0.6) is 0 Å². The van der Waals surface area contributed by atoms with Crippen LogP contribution in [-0.2, 0) is 29.6 Å². The Morgan fingerprint density at radius 1 is 1.00 bits per heavy atom. The van der Waals surface area contributed by atoms with Gasteiger partial charge in [0.1, 0.15) is 35.7 Å². The highest BCUT2D eigenvalue weighted by Crippen LogP contribution is 2.41. The lowest BCUT2D eigenvalue weighted by Crippen LogP contribution is -2.75. The lowest BCUT2D eigenvalue weighted by Gasteiger charge is -2.51. The maximum Gasteiger partial charge on any atom is 0.331 e. The average molecular weight is 654 g/mol. The molecule has 232 valence electrons. The van der Waals surface area contributed by atoms with Gasteiger partial charge >= 0.3 is 5.97 Å². The highest BCUT2D eigenvalue weighted by Gasteiger charge is 2.57. The van der Waals surface area contributed by atoms with Crippen molar-refractivity contribution in [1.29, 1.82) is 0 Å². The number of carbonyl (C=O) groups is 3. The number of aliphatic carboxylic acids is 1. The summed E-state index contributed by atoms with van der Waals surface area (Å²) in [6.07, 6.45) is 0. The monoisotopic (exact) mass is 653 g/mol. The molecule has 2 fully saturated rings. The van der Waals surface area contributed by atoms with E-state index >= 15 is 0 Å². The number of thioether (sulfide) groups is 1. The number of β-lactam (4-membered cyclic amide) rings is 1. The van der Waals surface area contributed by atoms with Gasteiger partial charge in [-0.1, -0.05) is 96.2 Å². The number of benzene rings is 3. The van der Waals surface area contributed by atoms with Gasteiger partial charge in [0.05, 0.1) is 5.57 Å². The minimum atomic E-state index is -1.41. The van der Waals surface area contributed by atoms with Gasteiger partial charge in [-0.25, -0.2) is 14.6 Å². The van der Waals surface area contributed by atoms with Crippen LogP contribution in [-0.4, -0.2) is 74.7 Å². The van der Waals surface area contributed by atoms with Gasteiger partial charge in [-0.05, 0) is 16.7 Å². The zero-order valence-electron chi connectivity index (χ0n) is 24.3. The number of nitrogens with zero attached hydrogens (tertiary/aromatic N) is 3. The third kappa shape index (κ3) is 5.45. The molecule has 46 heavy (non-hydrogen) atoms. The van der Waals surface area contributed by atoms with E-state index in [9.17, 15) is 24.3 Å².